The van der Waals surface area contributed by atoms with Gasteiger partial charge in [0.2, 0.25) is 5.95 Å². The summed E-state index contributed by atoms with van der Waals surface area (Å²) in [5, 5.41) is 6.72. The van der Waals surface area contributed by atoms with Crippen LogP contribution < -0.4 is 20.1 Å². The van der Waals surface area contributed by atoms with Crippen LogP contribution in [0.4, 0.5) is 17.5 Å². The van der Waals surface area contributed by atoms with Crippen LogP contribution in [-0.2, 0) is 4.74 Å². The minimum Gasteiger partial charge on any atom is -0.488 e. The molecule has 0 spiro atoms. The summed E-state index contributed by atoms with van der Waals surface area (Å²) < 4.78 is 16.8. The van der Waals surface area contributed by atoms with Crippen molar-refractivity contribution in [3.8, 4) is 11.6 Å². The zero-order valence-electron chi connectivity index (χ0n) is 19.8. The minimum absolute atomic E-state index is 0.478. The highest BCUT2D eigenvalue weighted by molar-refractivity contribution is 5.58. The predicted molar refractivity (Wildman–Crippen MR) is 129 cm³/mol. The molecule has 0 saturated carbocycles. The van der Waals surface area contributed by atoms with Gasteiger partial charge >= 0.3 is 0 Å². The fraction of sp³-hybridized carbons (Fsp3) is 0.625. The van der Waals surface area contributed by atoms with Crippen molar-refractivity contribution in [3.05, 3.63) is 24.0 Å². The van der Waals surface area contributed by atoms with Crippen LogP contribution in [-0.4, -0.2) is 73.0 Å². The molecular formula is C24H36N6O3. The Labute approximate surface area is 196 Å². The first-order valence-corrected chi connectivity index (χ1v) is 12.0. The Morgan fingerprint density at radius 1 is 1.15 bits per heavy atom. The van der Waals surface area contributed by atoms with Gasteiger partial charge in [0.05, 0.1) is 25.6 Å². The number of hydrogen-bond donors (Lipinski definition) is 2. The number of nitrogens with zero attached hydrogens (tertiary/aromatic N) is 4. The molecule has 2 aliphatic heterocycles. The smallest absolute Gasteiger partial charge is 0.256 e. The van der Waals surface area contributed by atoms with Gasteiger partial charge in [-0.2, -0.15) is 4.98 Å². The van der Waals surface area contributed by atoms with E-state index in [0.717, 1.165) is 62.8 Å². The molecule has 0 bridgehead atoms. The number of likely N-dealkylation sites (tertiary alicyclic amines) is 1. The lowest BCUT2D eigenvalue weighted by Gasteiger charge is -2.22. The summed E-state index contributed by atoms with van der Waals surface area (Å²) in [5.41, 5.74) is 1.65. The van der Waals surface area contributed by atoms with Gasteiger partial charge in [0.1, 0.15) is 5.82 Å². The van der Waals surface area contributed by atoms with Crippen molar-refractivity contribution >= 4 is 17.5 Å². The fourth-order valence-electron chi connectivity index (χ4n) is 4.28. The first-order chi connectivity index (χ1) is 16.2. The number of aryl methyl sites for hydroxylation is 1. The Morgan fingerprint density at radius 3 is 2.76 bits per heavy atom. The highest BCUT2D eigenvalue weighted by atomic mass is 16.5. The van der Waals surface area contributed by atoms with Crippen LogP contribution in [0.2, 0.25) is 0 Å². The zero-order chi connectivity index (χ0) is 22.9. The molecule has 0 aromatic carbocycles. The van der Waals surface area contributed by atoms with Gasteiger partial charge in [-0.15, -0.1) is 0 Å². The van der Waals surface area contributed by atoms with E-state index in [9.17, 15) is 0 Å². The summed E-state index contributed by atoms with van der Waals surface area (Å²) in [7, 11) is 1.60. The number of anilines is 3. The van der Waals surface area contributed by atoms with Crippen molar-refractivity contribution in [3.63, 3.8) is 0 Å². The molecule has 2 aliphatic rings. The molecule has 33 heavy (non-hydrogen) atoms. The third-order valence-corrected chi connectivity index (χ3v) is 6.11. The summed E-state index contributed by atoms with van der Waals surface area (Å²) in [6.45, 7) is 8.63. The first-order valence-electron chi connectivity index (χ1n) is 12.0. The molecule has 9 heteroatoms. The van der Waals surface area contributed by atoms with E-state index < -0.39 is 0 Å². The van der Waals surface area contributed by atoms with Gasteiger partial charge in [0.15, 0.2) is 5.75 Å². The van der Waals surface area contributed by atoms with Crippen LogP contribution >= 0.6 is 0 Å². The average Bonchev–Trinajstić information content (AvgIpc) is 3.35. The van der Waals surface area contributed by atoms with Gasteiger partial charge in [-0.3, -0.25) is 0 Å². The number of nitrogens with one attached hydrogen (secondary N) is 2. The maximum absolute atomic E-state index is 6.00. The average molecular weight is 457 g/mol. The Morgan fingerprint density at radius 2 is 1.97 bits per heavy atom. The third-order valence-electron chi connectivity index (χ3n) is 6.11. The van der Waals surface area contributed by atoms with Crippen molar-refractivity contribution in [1.29, 1.82) is 0 Å². The summed E-state index contributed by atoms with van der Waals surface area (Å²) in [5.74, 6) is 3.05. The Bertz CT molecular complexity index is 884. The van der Waals surface area contributed by atoms with E-state index in [1.165, 1.54) is 25.9 Å². The maximum Gasteiger partial charge on any atom is 0.256 e. The van der Waals surface area contributed by atoms with Crippen molar-refractivity contribution in [2.24, 2.45) is 5.92 Å². The predicted octanol–water partition coefficient (Wildman–Crippen LogP) is 3.64. The second-order valence-electron chi connectivity index (χ2n) is 8.76. The van der Waals surface area contributed by atoms with Crippen LogP contribution in [0, 0.1) is 12.8 Å². The Hall–Kier alpha value is -2.65. The van der Waals surface area contributed by atoms with Crippen molar-refractivity contribution < 1.29 is 14.2 Å². The summed E-state index contributed by atoms with van der Waals surface area (Å²) in [4.78, 5) is 16.0. The van der Waals surface area contributed by atoms with Gasteiger partial charge in [-0.05, 0) is 58.0 Å². The number of methoxy groups -OCH3 is 1. The Kier molecular flexibility index (Phi) is 8.54. The van der Waals surface area contributed by atoms with E-state index in [1.54, 1.807) is 13.3 Å². The summed E-state index contributed by atoms with van der Waals surface area (Å²) >= 11 is 0. The van der Waals surface area contributed by atoms with E-state index in [4.69, 9.17) is 14.2 Å². The van der Waals surface area contributed by atoms with Crippen LogP contribution in [0.15, 0.2) is 18.3 Å². The molecule has 2 N–H and O–H groups in total. The summed E-state index contributed by atoms with van der Waals surface area (Å²) in [6.07, 6.45) is 7.46. The maximum atomic E-state index is 6.00. The Balaban J connectivity index is 1.35. The molecule has 0 aliphatic carbocycles. The normalized spacial score (nSPS) is 17.2. The van der Waals surface area contributed by atoms with Gasteiger partial charge in [-0.25, -0.2) is 9.97 Å². The standard InChI is InChI=1S/C24H36N6O3/c1-18-14-22(25-16-19-6-12-32-13-7-19)29-24(27-18)28-20-15-21(23(31-2)26-17-20)33-11-5-10-30-8-3-4-9-30/h14-15,17,19H,3-13,16H2,1-2H3,(H2,25,27,28,29). The van der Waals surface area contributed by atoms with Crippen molar-refractivity contribution in [2.45, 2.75) is 39.0 Å². The molecule has 9 nitrogen and oxygen atoms in total. The van der Waals surface area contributed by atoms with Crippen LogP contribution in [0.3, 0.4) is 0 Å². The number of pyridine rings is 1. The van der Waals surface area contributed by atoms with Crippen LogP contribution in [0.5, 0.6) is 11.6 Å². The van der Waals surface area contributed by atoms with Crippen molar-refractivity contribution in [2.75, 3.05) is 63.7 Å². The lowest BCUT2D eigenvalue weighted by atomic mass is 10.0. The van der Waals surface area contributed by atoms with Gasteiger partial charge in [-0.1, -0.05) is 0 Å². The van der Waals surface area contributed by atoms with E-state index in [-0.39, 0.29) is 0 Å². The fourth-order valence-corrected chi connectivity index (χ4v) is 4.28. The van der Waals surface area contributed by atoms with Gasteiger partial charge in [0.25, 0.3) is 5.88 Å². The zero-order valence-corrected chi connectivity index (χ0v) is 19.8. The molecule has 4 rings (SSSR count). The second kappa shape index (κ2) is 12.0. The lowest BCUT2D eigenvalue weighted by Crippen LogP contribution is -2.23. The molecule has 180 valence electrons. The second-order valence-corrected chi connectivity index (χ2v) is 8.76. The molecule has 2 aromatic heterocycles. The highest BCUT2D eigenvalue weighted by Crippen LogP contribution is 2.29. The molecule has 0 unspecified atom stereocenters. The molecule has 2 fully saturated rings. The van der Waals surface area contributed by atoms with Crippen LogP contribution in [0.1, 0.15) is 37.8 Å². The van der Waals surface area contributed by atoms with E-state index in [2.05, 4.69) is 30.5 Å². The van der Waals surface area contributed by atoms with Crippen molar-refractivity contribution in [1.82, 2.24) is 19.9 Å². The molecule has 0 atom stereocenters. The number of aromatic nitrogens is 3. The number of rotatable bonds is 11. The van der Waals surface area contributed by atoms with E-state index >= 15 is 0 Å². The minimum atomic E-state index is 0.478. The lowest BCUT2D eigenvalue weighted by molar-refractivity contribution is 0.0699. The summed E-state index contributed by atoms with van der Waals surface area (Å²) in [6, 6.07) is 3.86. The topological polar surface area (TPSA) is 93.7 Å². The largest absolute Gasteiger partial charge is 0.488 e. The van der Waals surface area contributed by atoms with E-state index in [0.29, 0.717) is 30.1 Å². The van der Waals surface area contributed by atoms with E-state index in [1.807, 2.05) is 19.1 Å². The highest BCUT2D eigenvalue weighted by Gasteiger charge is 2.15. The van der Waals surface area contributed by atoms with Crippen LogP contribution in [0.25, 0.3) is 0 Å². The number of ether oxygens (including phenoxy) is 3. The third kappa shape index (κ3) is 7.17. The first kappa shape index (κ1) is 23.5. The molecule has 2 saturated heterocycles. The monoisotopic (exact) mass is 456 g/mol. The molecule has 4 heterocycles. The molecule has 0 amide bonds. The molecule has 2 aromatic rings. The SMILES string of the molecule is COc1ncc(Nc2nc(C)cc(NCC3CCOCC3)n2)cc1OCCCN1CCCC1. The quantitative estimate of drug-likeness (QED) is 0.492. The number of hydrogen-bond acceptors (Lipinski definition) is 9. The molecule has 0 radical (unpaired) electrons. The van der Waals surface area contributed by atoms with Gasteiger partial charge < -0.3 is 29.7 Å². The van der Waals surface area contributed by atoms with Gasteiger partial charge in [0, 0.05) is 44.1 Å². The molecular weight excluding hydrogens is 420 g/mol.